The van der Waals surface area contributed by atoms with Crippen LogP contribution in [-0.2, 0) is 9.59 Å². The van der Waals surface area contributed by atoms with Crippen LogP contribution in [0.2, 0.25) is 0 Å². The molecule has 1 aliphatic heterocycles. The third kappa shape index (κ3) is 6.63. The number of nitrogens with one attached hydrogen (secondary N) is 2. The largest absolute Gasteiger partial charge is 0.352 e. The second-order valence-electron chi connectivity index (χ2n) is 6.70. The van der Waals surface area contributed by atoms with Gasteiger partial charge in [-0.15, -0.1) is 11.8 Å². The molecule has 0 unspecified atom stereocenters. The Bertz CT molecular complexity index is 603. The Morgan fingerprint density at radius 2 is 1.85 bits per heavy atom. The minimum Gasteiger partial charge on any atom is -0.352 e. The van der Waals surface area contributed by atoms with Crippen LogP contribution in [0.3, 0.4) is 0 Å². The molecule has 0 spiro atoms. The zero-order valence-electron chi connectivity index (χ0n) is 16.0. The molecule has 0 aromatic heterocycles. The number of likely N-dealkylation sites (N-methyl/N-ethyl adjacent to an activating group) is 1. The van der Waals surface area contributed by atoms with Crippen molar-refractivity contribution >= 4 is 29.3 Å². The van der Waals surface area contributed by atoms with Crippen LogP contribution in [0.25, 0.3) is 0 Å². The van der Waals surface area contributed by atoms with Gasteiger partial charge in [0.1, 0.15) is 0 Å². The lowest BCUT2D eigenvalue weighted by Crippen LogP contribution is -2.47. The molecule has 1 saturated heterocycles. The summed E-state index contributed by atoms with van der Waals surface area (Å²) >= 11 is 1.59. The third-order valence-corrected chi connectivity index (χ3v) is 5.40. The van der Waals surface area contributed by atoms with Gasteiger partial charge in [0.25, 0.3) is 0 Å². The summed E-state index contributed by atoms with van der Waals surface area (Å²) in [5.41, 5.74) is 0.811. The minimum absolute atomic E-state index is 0.0141. The number of carbonyl (C=O) groups is 2. The molecule has 6 nitrogen and oxygen atoms in total. The van der Waals surface area contributed by atoms with Gasteiger partial charge in [-0.2, -0.15) is 0 Å². The van der Waals surface area contributed by atoms with Gasteiger partial charge in [-0.1, -0.05) is 19.1 Å². The molecule has 2 N–H and O–H groups in total. The first-order valence-corrected chi connectivity index (χ1v) is 10.4. The fourth-order valence-electron chi connectivity index (χ4n) is 3.15. The van der Waals surface area contributed by atoms with Crippen LogP contribution in [0.5, 0.6) is 0 Å². The van der Waals surface area contributed by atoms with Gasteiger partial charge in [-0.3, -0.25) is 14.5 Å². The molecule has 1 aromatic carbocycles. The van der Waals surface area contributed by atoms with Gasteiger partial charge in [-0.25, -0.2) is 0 Å². The van der Waals surface area contributed by atoms with E-state index in [0.717, 1.165) is 43.1 Å². The highest BCUT2D eigenvalue weighted by atomic mass is 32.2. The number of benzene rings is 1. The topological polar surface area (TPSA) is 64.7 Å². The van der Waals surface area contributed by atoms with E-state index in [1.54, 1.807) is 23.7 Å². The Morgan fingerprint density at radius 1 is 1.19 bits per heavy atom. The van der Waals surface area contributed by atoms with Crippen molar-refractivity contribution in [2.45, 2.75) is 30.7 Å². The van der Waals surface area contributed by atoms with E-state index >= 15 is 0 Å². The standard InChI is InChI=1S/C19H30N4O2S/c1-4-23-11-9-15(10-12-23)20-18(24)13-22(2)14-19(25)21-16-7-5-6-8-17(16)26-3/h5-8,15H,4,9-14H2,1-3H3,(H,20,24)(H,21,25). The summed E-state index contributed by atoms with van der Waals surface area (Å²) in [6.07, 6.45) is 3.97. The monoisotopic (exact) mass is 378 g/mol. The van der Waals surface area contributed by atoms with E-state index < -0.39 is 0 Å². The maximum absolute atomic E-state index is 12.2. The molecule has 1 fully saturated rings. The van der Waals surface area contributed by atoms with Gasteiger partial charge in [0.2, 0.25) is 11.8 Å². The molecular formula is C19H30N4O2S. The number of nitrogens with zero attached hydrogens (tertiary/aromatic N) is 2. The number of hydrogen-bond acceptors (Lipinski definition) is 5. The molecule has 1 heterocycles. The van der Waals surface area contributed by atoms with Crippen molar-refractivity contribution in [1.29, 1.82) is 0 Å². The second kappa shape index (κ2) is 10.5. The van der Waals surface area contributed by atoms with Crippen LogP contribution in [-0.4, -0.2) is 73.7 Å². The number of rotatable bonds is 8. The fraction of sp³-hybridized carbons (Fsp3) is 0.579. The Hall–Kier alpha value is -1.57. The third-order valence-electron chi connectivity index (χ3n) is 4.61. The molecule has 0 saturated carbocycles. The lowest BCUT2D eigenvalue weighted by molar-refractivity contribution is -0.123. The van der Waals surface area contributed by atoms with E-state index in [2.05, 4.69) is 22.5 Å². The summed E-state index contributed by atoms with van der Waals surface area (Å²) in [6, 6.07) is 7.96. The number of carbonyl (C=O) groups excluding carboxylic acids is 2. The Balaban J connectivity index is 1.72. The molecule has 1 aliphatic rings. The average molecular weight is 379 g/mol. The van der Waals surface area contributed by atoms with Crippen LogP contribution in [0.15, 0.2) is 29.2 Å². The van der Waals surface area contributed by atoms with E-state index in [4.69, 9.17) is 0 Å². The highest BCUT2D eigenvalue weighted by Crippen LogP contribution is 2.24. The molecule has 1 aromatic rings. The predicted molar refractivity (Wildman–Crippen MR) is 108 cm³/mol. The number of piperidine rings is 1. The first-order valence-electron chi connectivity index (χ1n) is 9.15. The van der Waals surface area contributed by atoms with Crippen LogP contribution < -0.4 is 10.6 Å². The maximum Gasteiger partial charge on any atom is 0.238 e. The quantitative estimate of drug-likeness (QED) is 0.676. The number of thioether (sulfide) groups is 1. The molecule has 0 aliphatic carbocycles. The van der Waals surface area contributed by atoms with E-state index in [1.807, 2.05) is 30.5 Å². The summed E-state index contributed by atoms with van der Waals surface area (Å²) in [5, 5.41) is 6.01. The molecular weight excluding hydrogens is 348 g/mol. The highest BCUT2D eigenvalue weighted by Gasteiger charge is 2.20. The lowest BCUT2D eigenvalue weighted by atomic mass is 10.1. The summed E-state index contributed by atoms with van der Waals surface area (Å²) in [7, 11) is 1.79. The molecule has 26 heavy (non-hydrogen) atoms. The van der Waals surface area contributed by atoms with Crippen molar-refractivity contribution in [3.63, 3.8) is 0 Å². The molecule has 0 bridgehead atoms. The number of amides is 2. The number of hydrogen-bond donors (Lipinski definition) is 2. The Labute approximate surface area is 160 Å². The zero-order chi connectivity index (χ0) is 18.9. The number of likely N-dealkylation sites (tertiary alicyclic amines) is 1. The van der Waals surface area contributed by atoms with Crippen molar-refractivity contribution in [1.82, 2.24) is 15.1 Å². The van der Waals surface area contributed by atoms with Crippen LogP contribution >= 0.6 is 11.8 Å². The fourth-order valence-corrected chi connectivity index (χ4v) is 3.70. The smallest absolute Gasteiger partial charge is 0.238 e. The van der Waals surface area contributed by atoms with Crippen molar-refractivity contribution in [3.8, 4) is 0 Å². The average Bonchev–Trinajstić information content (AvgIpc) is 2.62. The van der Waals surface area contributed by atoms with E-state index in [1.165, 1.54) is 0 Å². The molecule has 0 atom stereocenters. The molecule has 2 rings (SSSR count). The summed E-state index contributed by atoms with van der Waals surface area (Å²) in [6.45, 7) is 5.72. The number of para-hydroxylation sites is 1. The first kappa shape index (κ1) is 20.7. The van der Waals surface area contributed by atoms with Gasteiger partial charge in [-0.05, 0) is 44.8 Å². The van der Waals surface area contributed by atoms with Crippen molar-refractivity contribution < 1.29 is 9.59 Å². The Kier molecular flexibility index (Phi) is 8.41. The summed E-state index contributed by atoms with van der Waals surface area (Å²) in [5.74, 6) is -0.127. The van der Waals surface area contributed by atoms with Gasteiger partial charge >= 0.3 is 0 Å². The highest BCUT2D eigenvalue weighted by molar-refractivity contribution is 7.98. The van der Waals surface area contributed by atoms with Crippen molar-refractivity contribution in [2.75, 3.05) is 51.3 Å². The molecule has 144 valence electrons. The number of anilines is 1. The van der Waals surface area contributed by atoms with Crippen LogP contribution in [0, 0.1) is 0 Å². The summed E-state index contributed by atoms with van der Waals surface area (Å²) < 4.78 is 0. The Morgan fingerprint density at radius 3 is 2.50 bits per heavy atom. The van der Waals surface area contributed by atoms with E-state index in [0.29, 0.717) is 0 Å². The predicted octanol–water partition coefficient (Wildman–Crippen LogP) is 1.88. The SMILES string of the molecule is CCN1CCC(NC(=O)CN(C)CC(=O)Nc2ccccc2SC)CC1. The second-order valence-corrected chi connectivity index (χ2v) is 7.54. The van der Waals surface area contributed by atoms with Gasteiger partial charge in [0.05, 0.1) is 18.8 Å². The van der Waals surface area contributed by atoms with Gasteiger partial charge in [0.15, 0.2) is 0 Å². The molecule has 7 heteroatoms. The minimum atomic E-state index is -0.113. The zero-order valence-corrected chi connectivity index (χ0v) is 16.8. The van der Waals surface area contributed by atoms with Crippen molar-refractivity contribution in [3.05, 3.63) is 24.3 Å². The maximum atomic E-state index is 12.2. The van der Waals surface area contributed by atoms with E-state index in [9.17, 15) is 9.59 Å². The van der Waals surface area contributed by atoms with Crippen LogP contribution in [0.4, 0.5) is 5.69 Å². The van der Waals surface area contributed by atoms with Crippen molar-refractivity contribution in [2.24, 2.45) is 0 Å². The normalized spacial score (nSPS) is 15.8. The lowest BCUT2D eigenvalue weighted by Gasteiger charge is -2.31. The van der Waals surface area contributed by atoms with E-state index in [-0.39, 0.29) is 30.9 Å². The molecule has 2 amide bonds. The van der Waals surface area contributed by atoms with Crippen LogP contribution in [0.1, 0.15) is 19.8 Å². The summed E-state index contributed by atoms with van der Waals surface area (Å²) in [4.78, 5) is 29.6. The van der Waals surface area contributed by atoms with Gasteiger partial charge in [0, 0.05) is 24.0 Å². The first-order chi connectivity index (χ1) is 12.5. The van der Waals surface area contributed by atoms with Gasteiger partial charge < -0.3 is 15.5 Å². The molecule has 0 radical (unpaired) electrons.